The second-order valence-electron chi connectivity index (χ2n) is 4.17. The molecule has 0 aliphatic rings. The summed E-state index contributed by atoms with van der Waals surface area (Å²) in [5.41, 5.74) is -0.0599. The maximum absolute atomic E-state index is 11.4. The molecule has 0 aliphatic heterocycles. The van der Waals surface area contributed by atoms with Crippen molar-refractivity contribution in [3.05, 3.63) is 12.2 Å². The predicted molar refractivity (Wildman–Crippen MR) is 63.0 cm³/mol. The molecule has 0 bridgehead atoms. The number of rotatable bonds is 9. The van der Waals surface area contributed by atoms with Crippen LogP contribution < -0.4 is 5.11 Å². The quantitative estimate of drug-likeness (QED) is 0.367. The van der Waals surface area contributed by atoms with E-state index in [4.69, 9.17) is 4.74 Å². The summed E-state index contributed by atoms with van der Waals surface area (Å²) in [7, 11) is 0. The summed E-state index contributed by atoms with van der Waals surface area (Å²) in [6.07, 6.45) is 3.72. The fraction of sp³-hybridized carbons (Fsp3) is 0.692. The molecule has 0 aliphatic carbocycles. The molecule has 0 aromatic carbocycles. The molecule has 0 radical (unpaired) electrons. The van der Waals surface area contributed by atoms with E-state index in [-0.39, 0.29) is 25.1 Å². The van der Waals surface area contributed by atoms with Gasteiger partial charge in [0, 0.05) is 18.0 Å². The van der Waals surface area contributed by atoms with Gasteiger partial charge in [-0.15, -0.1) is 0 Å². The second-order valence-corrected chi connectivity index (χ2v) is 4.17. The van der Waals surface area contributed by atoms with E-state index in [9.17, 15) is 14.7 Å². The molecule has 0 fully saturated rings. The maximum atomic E-state index is 11.4. The smallest absolute Gasteiger partial charge is 0.550 e. The van der Waals surface area contributed by atoms with Gasteiger partial charge in [-0.05, 0) is 12.3 Å². The van der Waals surface area contributed by atoms with Crippen LogP contribution in [0.4, 0.5) is 0 Å². The first-order valence-electron chi connectivity index (χ1n) is 6.05. The number of ether oxygens (including phenoxy) is 1. The largest absolute Gasteiger partial charge is 2.00 e. The molecular weight excluding hydrogens is 286 g/mol. The molecule has 0 saturated heterocycles. The van der Waals surface area contributed by atoms with Crippen LogP contribution in [0.25, 0.3) is 0 Å². The Bertz CT molecular complexity index is 276. The fourth-order valence-electron chi connectivity index (χ4n) is 1.44. The van der Waals surface area contributed by atoms with Crippen molar-refractivity contribution in [2.45, 2.75) is 46.0 Å². The molecule has 0 heterocycles. The molecule has 4 nitrogen and oxygen atoms in total. The van der Waals surface area contributed by atoms with Crippen LogP contribution in [0.5, 0.6) is 0 Å². The van der Waals surface area contributed by atoms with Crippen molar-refractivity contribution < 1.29 is 38.9 Å². The fourth-order valence-corrected chi connectivity index (χ4v) is 1.44. The average molecular weight is 307 g/mol. The maximum Gasteiger partial charge on any atom is 2.00 e. The van der Waals surface area contributed by atoms with Crippen molar-refractivity contribution in [3.63, 3.8) is 0 Å². The van der Waals surface area contributed by atoms with Gasteiger partial charge >= 0.3 is 25.4 Å². The van der Waals surface area contributed by atoms with E-state index < -0.39 is 18.4 Å². The number of carboxylic acids is 1. The molecule has 1 unspecified atom stereocenters. The third-order valence-electron chi connectivity index (χ3n) is 2.64. The molecule has 0 spiro atoms. The SMILES string of the molecule is C=C(CC(=O)[O-])C(=O)OCC(CC)CCCC.[Zn+2]. The standard InChI is InChI=1S/C13H22O4.Zn/c1-4-6-7-11(5-2)9-17-13(16)10(3)8-12(14)15;/h11H,3-9H2,1-2H3,(H,14,15);/q;+2/p-1. The molecule has 0 saturated carbocycles. The Kier molecular flexibility index (Phi) is 12.4. The summed E-state index contributed by atoms with van der Waals surface area (Å²) in [6.45, 7) is 7.86. The summed E-state index contributed by atoms with van der Waals surface area (Å²) >= 11 is 0. The number of aliphatic carboxylic acids is 1. The predicted octanol–water partition coefficient (Wildman–Crippen LogP) is 1.44. The van der Waals surface area contributed by atoms with Crippen LogP contribution in [0.3, 0.4) is 0 Å². The Morgan fingerprint density at radius 2 is 1.94 bits per heavy atom. The zero-order chi connectivity index (χ0) is 13.3. The Morgan fingerprint density at radius 1 is 1.33 bits per heavy atom. The number of carboxylic acid groups (broad SMARTS) is 1. The number of esters is 1. The molecule has 98 valence electrons. The topological polar surface area (TPSA) is 66.4 Å². The minimum absolute atomic E-state index is 0. The molecule has 5 heteroatoms. The van der Waals surface area contributed by atoms with Gasteiger partial charge in [-0.3, -0.25) is 0 Å². The van der Waals surface area contributed by atoms with Crippen LogP contribution in [0.1, 0.15) is 46.0 Å². The summed E-state index contributed by atoms with van der Waals surface area (Å²) in [4.78, 5) is 21.6. The molecule has 0 N–H and O–H groups in total. The summed E-state index contributed by atoms with van der Waals surface area (Å²) in [5.74, 6) is -1.61. The summed E-state index contributed by atoms with van der Waals surface area (Å²) in [6, 6.07) is 0. The van der Waals surface area contributed by atoms with Crippen molar-refractivity contribution >= 4 is 11.9 Å². The van der Waals surface area contributed by atoms with E-state index in [2.05, 4.69) is 13.5 Å². The van der Waals surface area contributed by atoms with Crippen LogP contribution in [0.2, 0.25) is 0 Å². The molecule has 0 aromatic heterocycles. The van der Waals surface area contributed by atoms with E-state index in [1.165, 1.54) is 0 Å². The van der Waals surface area contributed by atoms with Crippen LogP contribution in [-0.2, 0) is 33.8 Å². The Balaban J connectivity index is 0. The normalized spacial score (nSPS) is 11.2. The van der Waals surface area contributed by atoms with Crippen molar-refractivity contribution in [1.82, 2.24) is 0 Å². The number of unbranched alkanes of at least 4 members (excludes halogenated alkanes) is 1. The molecule has 18 heavy (non-hydrogen) atoms. The van der Waals surface area contributed by atoms with E-state index in [1.54, 1.807) is 0 Å². The summed E-state index contributed by atoms with van der Waals surface area (Å²) < 4.78 is 5.03. The molecule has 1 atom stereocenters. The third-order valence-corrected chi connectivity index (χ3v) is 2.64. The number of hydrogen-bond acceptors (Lipinski definition) is 4. The van der Waals surface area contributed by atoms with Crippen LogP contribution in [-0.4, -0.2) is 18.5 Å². The van der Waals surface area contributed by atoms with Crippen LogP contribution in [0.15, 0.2) is 12.2 Å². The Hall–Kier alpha value is -0.697. The van der Waals surface area contributed by atoms with Gasteiger partial charge in [0.25, 0.3) is 0 Å². The molecule has 0 amide bonds. The Labute approximate surface area is 122 Å². The minimum atomic E-state index is -1.31. The monoisotopic (exact) mass is 305 g/mol. The van der Waals surface area contributed by atoms with Gasteiger partial charge in [0.2, 0.25) is 0 Å². The second kappa shape index (κ2) is 11.4. The summed E-state index contributed by atoms with van der Waals surface area (Å²) in [5, 5.41) is 10.3. The minimum Gasteiger partial charge on any atom is -0.550 e. The van der Waals surface area contributed by atoms with Crippen LogP contribution >= 0.6 is 0 Å². The average Bonchev–Trinajstić information content (AvgIpc) is 2.28. The van der Waals surface area contributed by atoms with Gasteiger partial charge in [-0.25, -0.2) is 4.79 Å². The van der Waals surface area contributed by atoms with E-state index in [0.717, 1.165) is 25.7 Å². The first kappa shape index (κ1) is 19.6. The van der Waals surface area contributed by atoms with E-state index in [0.29, 0.717) is 12.5 Å². The van der Waals surface area contributed by atoms with Gasteiger partial charge < -0.3 is 14.6 Å². The van der Waals surface area contributed by atoms with Gasteiger partial charge in [-0.1, -0.05) is 39.7 Å². The van der Waals surface area contributed by atoms with Crippen molar-refractivity contribution in [1.29, 1.82) is 0 Å². The van der Waals surface area contributed by atoms with Crippen molar-refractivity contribution in [2.24, 2.45) is 5.92 Å². The zero-order valence-corrected chi connectivity index (χ0v) is 14.3. The number of hydrogen-bond donors (Lipinski definition) is 0. The number of carbonyl (C=O) groups is 2. The van der Waals surface area contributed by atoms with Gasteiger partial charge in [0.1, 0.15) is 0 Å². The van der Waals surface area contributed by atoms with Crippen molar-refractivity contribution in [3.8, 4) is 0 Å². The van der Waals surface area contributed by atoms with Gasteiger partial charge in [-0.2, -0.15) is 0 Å². The Morgan fingerprint density at radius 3 is 2.39 bits per heavy atom. The van der Waals surface area contributed by atoms with Crippen LogP contribution in [0, 0.1) is 5.92 Å². The third kappa shape index (κ3) is 9.35. The van der Waals surface area contributed by atoms with Crippen molar-refractivity contribution in [2.75, 3.05) is 6.61 Å². The van der Waals surface area contributed by atoms with Gasteiger partial charge in [0.15, 0.2) is 0 Å². The first-order valence-corrected chi connectivity index (χ1v) is 6.05. The number of carbonyl (C=O) groups excluding carboxylic acids is 2. The first-order chi connectivity index (χ1) is 8.01. The van der Waals surface area contributed by atoms with Gasteiger partial charge in [0.05, 0.1) is 6.61 Å². The van der Waals surface area contributed by atoms with E-state index >= 15 is 0 Å². The van der Waals surface area contributed by atoms with E-state index in [1.807, 2.05) is 6.92 Å². The zero-order valence-electron chi connectivity index (χ0n) is 11.4. The molecule has 0 aromatic rings. The molecule has 0 rings (SSSR count). The molecular formula is C13H21O4Zn+.